The predicted octanol–water partition coefficient (Wildman–Crippen LogP) is 0.327. The molecule has 6 heteroatoms. The van der Waals surface area contributed by atoms with Crippen LogP contribution < -0.4 is 5.32 Å². The fourth-order valence-corrected chi connectivity index (χ4v) is 2.09. The number of hydrogen-bond donors (Lipinski definition) is 2. The molecule has 17 heavy (non-hydrogen) atoms. The number of carbonyl (C=O) groups excluding carboxylic acids is 1. The van der Waals surface area contributed by atoms with E-state index in [0.29, 0.717) is 5.82 Å². The summed E-state index contributed by atoms with van der Waals surface area (Å²) in [5.74, 6) is 0.723. The first-order valence-corrected chi connectivity index (χ1v) is 6.11. The third-order valence-corrected chi connectivity index (χ3v) is 3.17. The Morgan fingerprint density at radius 3 is 2.76 bits per heavy atom. The molecule has 1 aromatic rings. The Morgan fingerprint density at radius 2 is 2.24 bits per heavy atom. The van der Waals surface area contributed by atoms with Gasteiger partial charge in [-0.25, -0.2) is 4.98 Å². The van der Waals surface area contributed by atoms with Crippen LogP contribution in [-0.2, 0) is 0 Å². The zero-order valence-electron chi connectivity index (χ0n) is 10.4. The highest BCUT2D eigenvalue weighted by molar-refractivity contribution is 5.90. The van der Waals surface area contributed by atoms with Gasteiger partial charge in [-0.05, 0) is 26.3 Å². The fourth-order valence-electron chi connectivity index (χ4n) is 2.09. The highest BCUT2D eigenvalue weighted by atomic mass is 16.2. The van der Waals surface area contributed by atoms with Gasteiger partial charge in [0.25, 0.3) is 5.91 Å². The van der Waals surface area contributed by atoms with Gasteiger partial charge in [-0.1, -0.05) is 6.92 Å². The van der Waals surface area contributed by atoms with Crippen LogP contribution >= 0.6 is 0 Å². The van der Waals surface area contributed by atoms with Crippen molar-refractivity contribution >= 4 is 5.91 Å². The Kier molecular flexibility index (Phi) is 3.73. The van der Waals surface area contributed by atoms with Crippen LogP contribution in [0.5, 0.6) is 0 Å². The lowest BCUT2D eigenvalue weighted by Gasteiger charge is -2.31. The zero-order valence-corrected chi connectivity index (χ0v) is 10.4. The number of H-pyrrole nitrogens is 1. The second-order valence-corrected chi connectivity index (χ2v) is 4.43. The molecule has 0 spiro atoms. The minimum Gasteiger partial charge on any atom is -0.346 e. The summed E-state index contributed by atoms with van der Waals surface area (Å²) in [4.78, 5) is 18.2. The summed E-state index contributed by atoms with van der Waals surface area (Å²) in [5.41, 5.74) is 0. The summed E-state index contributed by atoms with van der Waals surface area (Å²) >= 11 is 0. The van der Waals surface area contributed by atoms with Crippen LogP contribution in [0.1, 0.15) is 36.2 Å². The summed E-state index contributed by atoms with van der Waals surface area (Å²) in [7, 11) is 0. The van der Waals surface area contributed by atoms with E-state index in [4.69, 9.17) is 0 Å². The Morgan fingerprint density at radius 1 is 1.53 bits per heavy atom. The molecule has 1 aromatic heterocycles. The van der Waals surface area contributed by atoms with Crippen molar-refractivity contribution in [1.82, 2.24) is 25.4 Å². The number of likely N-dealkylation sites (tertiary alicyclic amines) is 1. The highest BCUT2D eigenvalue weighted by Gasteiger charge is 2.21. The van der Waals surface area contributed by atoms with E-state index < -0.39 is 0 Å². The number of aromatic amines is 1. The molecule has 94 valence electrons. The van der Waals surface area contributed by atoms with E-state index >= 15 is 0 Å². The fraction of sp³-hybridized carbons (Fsp3) is 0.727. The van der Waals surface area contributed by atoms with Gasteiger partial charge in [0, 0.05) is 19.1 Å². The van der Waals surface area contributed by atoms with Gasteiger partial charge in [-0.3, -0.25) is 9.89 Å². The number of piperidine rings is 1. The van der Waals surface area contributed by atoms with Crippen molar-refractivity contribution in [2.45, 2.75) is 32.7 Å². The summed E-state index contributed by atoms with van der Waals surface area (Å²) in [6.07, 6.45) is 2.01. The van der Waals surface area contributed by atoms with Crippen LogP contribution in [-0.4, -0.2) is 51.7 Å². The molecular weight excluding hydrogens is 218 g/mol. The average Bonchev–Trinajstić information content (AvgIpc) is 2.77. The molecule has 1 fully saturated rings. The summed E-state index contributed by atoms with van der Waals surface area (Å²) in [6.45, 7) is 7.13. The topological polar surface area (TPSA) is 73.9 Å². The third-order valence-electron chi connectivity index (χ3n) is 3.17. The molecule has 0 aliphatic carbocycles. The monoisotopic (exact) mass is 237 g/mol. The van der Waals surface area contributed by atoms with E-state index in [1.807, 2.05) is 0 Å². The van der Waals surface area contributed by atoms with E-state index in [1.54, 1.807) is 6.92 Å². The number of nitrogens with one attached hydrogen (secondary N) is 2. The van der Waals surface area contributed by atoms with Crippen molar-refractivity contribution in [3.8, 4) is 0 Å². The molecule has 0 atom stereocenters. The number of rotatable bonds is 3. The van der Waals surface area contributed by atoms with Gasteiger partial charge >= 0.3 is 0 Å². The molecule has 1 aliphatic rings. The van der Waals surface area contributed by atoms with E-state index in [1.165, 1.54) is 0 Å². The Bertz CT molecular complexity index is 381. The quantitative estimate of drug-likeness (QED) is 0.794. The summed E-state index contributed by atoms with van der Waals surface area (Å²) in [6, 6.07) is 0.254. The predicted molar refractivity (Wildman–Crippen MR) is 63.7 cm³/mol. The van der Waals surface area contributed by atoms with Crippen LogP contribution in [0.4, 0.5) is 0 Å². The molecule has 6 nitrogen and oxygen atoms in total. The maximum atomic E-state index is 11.8. The number of aryl methyl sites for hydroxylation is 1. The summed E-state index contributed by atoms with van der Waals surface area (Å²) in [5, 5.41) is 9.51. The van der Waals surface area contributed by atoms with E-state index in [9.17, 15) is 4.79 Å². The molecule has 0 unspecified atom stereocenters. The molecule has 2 heterocycles. The Labute approximate surface area is 101 Å². The van der Waals surface area contributed by atoms with Gasteiger partial charge in [0.1, 0.15) is 5.82 Å². The van der Waals surface area contributed by atoms with Gasteiger partial charge < -0.3 is 10.2 Å². The van der Waals surface area contributed by atoms with E-state index in [0.717, 1.165) is 32.5 Å². The molecule has 1 saturated heterocycles. The smallest absolute Gasteiger partial charge is 0.291 e. The minimum atomic E-state index is -0.177. The van der Waals surface area contributed by atoms with Crippen molar-refractivity contribution in [3.05, 3.63) is 11.6 Å². The first kappa shape index (κ1) is 12.0. The van der Waals surface area contributed by atoms with Gasteiger partial charge in [-0.2, -0.15) is 0 Å². The first-order valence-electron chi connectivity index (χ1n) is 6.11. The zero-order chi connectivity index (χ0) is 12.3. The maximum Gasteiger partial charge on any atom is 0.291 e. The molecule has 2 rings (SSSR count). The summed E-state index contributed by atoms with van der Waals surface area (Å²) < 4.78 is 0. The maximum absolute atomic E-state index is 11.8. The van der Waals surface area contributed by atoms with Crippen molar-refractivity contribution in [2.75, 3.05) is 19.6 Å². The molecular formula is C11H19N5O. The number of hydrogen-bond acceptors (Lipinski definition) is 4. The first-order chi connectivity index (χ1) is 8.19. The van der Waals surface area contributed by atoms with Crippen LogP contribution in [0.25, 0.3) is 0 Å². The van der Waals surface area contributed by atoms with Crippen LogP contribution in [0.15, 0.2) is 0 Å². The van der Waals surface area contributed by atoms with E-state index in [-0.39, 0.29) is 17.8 Å². The normalized spacial score (nSPS) is 18.2. The molecule has 1 aliphatic heterocycles. The van der Waals surface area contributed by atoms with Gasteiger partial charge in [0.2, 0.25) is 5.82 Å². The van der Waals surface area contributed by atoms with Crippen LogP contribution in [0.2, 0.25) is 0 Å². The second-order valence-electron chi connectivity index (χ2n) is 4.43. The minimum absolute atomic E-state index is 0.177. The molecule has 0 radical (unpaired) electrons. The number of carbonyl (C=O) groups is 1. The Balaban J connectivity index is 1.84. The van der Waals surface area contributed by atoms with Crippen LogP contribution in [0.3, 0.4) is 0 Å². The highest BCUT2D eigenvalue weighted by Crippen LogP contribution is 2.10. The lowest BCUT2D eigenvalue weighted by Crippen LogP contribution is -2.44. The number of amides is 1. The van der Waals surface area contributed by atoms with E-state index in [2.05, 4.69) is 32.3 Å². The van der Waals surface area contributed by atoms with Crippen molar-refractivity contribution in [2.24, 2.45) is 0 Å². The van der Waals surface area contributed by atoms with Crippen molar-refractivity contribution in [3.63, 3.8) is 0 Å². The molecule has 0 aromatic carbocycles. The number of nitrogens with zero attached hydrogens (tertiary/aromatic N) is 3. The number of aromatic nitrogens is 3. The lowest BCUT2D eigenvalue weighted by atomic mass is 10.1. The van der Waals surface area contributed by atoms with Gasteiger partial charge in [0.15, 0.2) is 0 Å². The molecule has 0 bridgehead atoms. The average molecular weight is 237 g/mol. The van der Waals surface area contributed by atoms with Gasteiger partial charge in [0.05, 0.1) is 0 Å². The van der Waals surface area contributed by atoms with Crippen molar-refractivity contribution < 1.29 is 4.79 Å². The van der Waals surface area contributed by atoms with Crippen LogP contribution in [0, 0.1) is 6.92 Å². The molecule has 0 saturated carbocycles. The van der Waals surface area contributed by atoms with Crippen molar-refractivity contribution in [1.29, 1.82) is 0 Å². The molecule has 2 N–H and O–H groups in total. The SMILES string of the molecule is CCN1CCC(NC(=O)c2n[nH]c(C)n2)CC1. The molecule has 1 amide bonds. The third kappa shape index (κ3) is 3.03. The second kappa shape index (κ2) is 5.27. The standard InChI is InChI=1S/C11H19N5O/c1-3-16-6-4-9(5-7-16)13-11(17)10-12-8(2)14-15-10/h9H,3-7H2,1-2H3,(H,13,17)(H,12,14,15). The lowest BCUT2D eigenvalue weighted by molar-refractivity contribution is 0.0902. The Hall–Kier alpha value is -1.43. The van der Waals surface area contributed by atoms with Gasteiger partial charge in [-0.15, -0.1) is 5.10 Å². The largest absolute Gasteiger partial charge is 0.346 e.